The van der Waals surface area contributed by atoms with E-state index in [9.17, 15) is 8.42 Å². The molecule has 0 radical (unpaired) electrons. The van der Waals surface area contributed by atoms with Gasteiger partial charge in [-0.25, -0.2) is 13.4 Å². The molecule has 21 heavy (non-hydrogen) atoms. The Morgan fingerprint density at radius 2 is 2.14 bits per heavy atom. The van der Waals surface area contributed by atoms with Crippen LogP contribution in [-0.2, 0) is 23.6 Å². The largest absolute Gasteiger partial charge is 0.324 e. The van der Waals surface area contributed by atoms with E-state index in [1.807, 2.05) is 19.9 Å². The number of nitrogens with zero attached hydrogens (tertiary/aromatic N) is 4. The van der Waals surface area contributed by atoms with Crippen LogP contribution in [0.5, 0.6) is 0 Å². The van der Waals surface area contributed by atoms with Crippen LogP contribution >= 0.6 is 11.6 Å². The molecule has 0 fully saturated rings. The fraction of sp³-hybridized carbons (Fsp3) is 0.385. The van der Waals surface area contributed by atoms with Crippen molar-refractivity contribution in [3.8, 4) is 0 Å². The average Bonchev–Trinajstić information content (AvgIpc) is 2.77. The Kier molecular flexibility index (Phi) is 4.65. The summed E-state index contributed by atoms with van der Waals surface area (Å²) in [6.07, 6.45) is 4.68. The van der Waals surface area contributed by atoms with E-state index in [1.165, 1.54) is 15.2 Å². The number of aromatic nitrogens is 3. The maximum Gasteiger partial charge on any atom is 0.264 e. The first-order chi connectivity index (χ1) is 9.84. The van der Waals surface area contributed by atoms with Crippen LogP contribution in [0.3, 0.4) is 0 Å². The van der Waals surface area contributed by atoms with Gasteiger partial charge in [0.05, 0.1) is 6.33 Å². The fourth-order valence-corrected chi connectivity index (χ4v) is 3.91. The lowest BCUT2D eigenvalue weighted by atomic mass is 10.2. The second kappa shape index (κ2) is 6.13. The van der Waals surface area contributed by atoms with Gasteiger partial charge in [0.25, 0.3) is 10.0 Å². The maximum absolute atomic E-state index is 12.8. The van der Waals surface area contributed by atoms with Gasteiger partial charge in [0.15, 0.2) is 0 Å². The molecule has 2 aromatic rings. The monoisotopic (exact) mass is 328 g/mol. The summed E-state index contributed by atoms with van der Waals surface area (Å²) in [6.45, 7) is 3.84. The van der Waals surface area contributed by atoms with Crippen molar-refractivity contribution in [3.63, 3.8) is 0 Å². The first-order valence-electron chi connectivity index (χ1n) is 6.41. The number of hydrogen-bond donors (Lipinski definition) is 0. The summed E-state index contributed by atoms with van der Waals surface area (Å²) in [7, 11) is -2.12. The lowest BCUT2D eigenvalue weighted by Crippen LogP contribution is -2.36. The molecular weight excluding hydrogens is 312 g/mol. The van der Waals surface area contributed by atoms with Crippen LogP contribution < -0.4 is 0 Å². The van der Waals surface area contributed by atoms with E-state index in [4.69, 9.17) is 11.6 Å². The Hall–Kier alpha value is -1.44. The minimum atomic E-state index is -3.77. The Morgan fingerprint density at radius 3 is 2.62 bits per heavy atom. The van der Waals surface area contributed by atoms with Crippen molar-refractivity contribution in [2.45, 2.75) is 31.5 Å². The highest BCUT2D eigenvalue weighted by Crippen LogP contribution is 2.25. The summed E-state index contributed by atoms with van der Waals surface area (Å²) < 4.78 is 28.3. The van der Waals surface area contributed by atoms with Crippen LogP contribution in [-0.4, -0.2) is 33.3 Å². The minimum absolute atomic E-state index is 0.104. The van der Waals surface area contributed by atoms with Gasteiger partial charge in [0.1, 0.15) is 5.15 Å². The second-order valence-corrected chi connectivity index (χ2v) is 7.12. The zero-order valence-corrected chi connectivity index (χ0v) is 13.6. The third-order valence-electron chi connectivity index (χ3n) is 3.02. The van der Waals surface area contributed by atoms with Crippen molar-refractivity contribution in [3.05, 3.63) is 41.6 Å². The predicted octanol–water partition coefficient (Wildman–Crippen LogP) is 2.07. The van der Waals surface area contributed by atoms with E-state index in [1.54, 1.807) is 25.5 Å². The molecule has 0 saturated carbocycles. The van der Waals surface area contributed by atoms with Gasteiger partial charge in [-0.05, 0) is 25.5 Å². The molecule has 2 rings (SSSR count). The molecule has 0 bridgehead atoms. The lowest BCUT2D eigenvalue weighted by Gasteiger charge is -2.25. The summed E-state index contributed by atoms with van der Waals surface area (Å²) in [6, 6.07) is 3.37. The van der Waals surface area contributed by atoms with Gasteiger partial charge in [0, 0.05) is 32.0 Å². The van der Waals surface area contributed by atoms with E-state index in [0.29, 0.717) is 0 Å². The standard InChI is InChI=1S/C13H17ClN4O2S/c1-10(2)18(8-11-5-4-6-15-7-11)21(19,20)13-12(14)17(3)9-16-13/h4-7,9-10H,8H2,1-3H3. The zero-order valence-electron chi connectivity index (χ0n) is 12.1. The molecule has 2 heterocycles. The third-order valence-corrected chi connectivity index (χ3v) is 5.54. The highest BCUT2D eigenvalue weighted by atomic mass is 35.5. The summed E-state index contributed by atoms with van der Waals surface area (Å²) >= 11 is 6.03. The van der Waals surface area contributed by atoms with Crippen molar-refractivity contribution >= 4 is 21.6 Å². The number of imidazole rings is 1. The minimum Gasteiger partial charge on any atom is -0.324 e. The van der Waals surface area contributed by atoms with Gasteiger partial charge in [-0.1, -0.05) is 17.7 Å². The molecule has 0 atom stereocenters. The van der Waals surface area contributed by atoms with Crippen molar-refractivity contribution in [2.24, 2.45) is 7.05 Å². The maximum atomic E-state index is 12.8. The fourth-order valence-electron chi connectivity index (χ4n) is 1.89. The molecule has 0 aliphatic carbocycles. The van der Waals surface area contributed by atoms with Crippen molar-refractivity contribution in [2.75, 3.05) is 0 Å². The topological polar surface area (TPSA) is 68.1 Å². The van der Waals surface area contributed by atoms with E-state index < -0.39 is 10.0 Å². The van der Waals surface area contributed by atoms with Crippen LogP contribution in [0.1, 0.15) is 19.4 Å². The summed E-state index contributed by atoms with van der Waals surface area (Å²) in [4.78, 5) is 7.92. The summed E-state index contributed by atoms with van der Waals surface area (Å²) in [5.41, 5.74) is 0.807. The molecule has 0 amide bonds. The van der Waals surface area contributed by atoms with Crippen LogP contribution in [0.15, 0.2) is 35.9 Å². The normalized spacial score (nSPS) is 12.3. The van der Waals surface area contributed by atoms with Gasteiger partial charge < -0.3 is 4.57 Å². The van der Waals surface area contributed by atoms with Crippen LogP contribution in [0, 0.1) is 0 Å². The molecule has 0 spiro atoms. The molecule has 114 valence electrons. The summed E-state index contributed by atoms with van der Waals surface area (Å²) in [5, 5.41) is -0.0175. The number of pyridine rings is 1. The molecule has 0 aliphatic heterocycles. The van der Waals surface area contributed by atoms with Gasteiger partial charge in [-0.3, -0.25) is 4.98 Å². The van der Waals surface area contributed by atoms with Gasteiger partial charge in [-0.15, -0.1) is 0 Å². The second-order valence-electron chi connectivity index (χ2n) is 4.96. The van der Waals surface area contributed by atoms with E-state index in [-0.39, 0.29) is 22.8 Å². The number of aryl methyl sites for hydroxylation is 1. The Morgan fingerprint density at radius 1 is 1.43 bits per heavy atom. The molecule has 0 aliphatic rings. The molecule has 2 aromatic heterocycles. The highest BCUT2D eigenvalue weighted by Gasteiger charge is 2.31. The Labute approximate surface area is 129 Å². The number of sulfonamides is 1. The predicted molar refractivity (Wildman–Crippen MR) is 80.3 cm³/mol. The summed E-state index contributed by atoms with van der Waals surface area (Å²) in [5.74, 6) is 0. The van der Waals surface area contributed by atoms with Gasteiger partial charge >= 0.3 is 0 Å². The Balaban J connectivity index is 2.40. The smallest absolute Gasteiger partial charge is 0.264 e. The quantitative estimate of drug-likeness (QED) is 0.842. The van der Waals surface area contributed by atoms with Gasteiger partial charge in [-0.2, -0.15) is 4.31 Å². The SMILES string of the molecule is CC(C)N(Cc1cccnc1)S(=O)(=O)c1ncn(C)c1Cl. The first-order valence-corrected chi connectivity index (χ1v) is 8.23. The van der Waals surface area contributed by atoms with Crippen molar-refractivity contribution < 1.29 is 8.42 Å². The highest BCUT2D eigenvalue weighted by molar-refractivity contribution is 7.89. The average molecular weight is 329 g/mol. The van der Waals surface area contributed by atoms with Crippen molar-refractivity contribution in [1.82, 2.24) is 18.8 Å². The van der Waals surface area contributed by atoms with Crippen LogP contribution in [0.25, 0.3) is 0 Å². The van der Waals surface area contributed by atoms with Crippen LogP contribution in [0.2, 0.25) is 5.15 Å². The van der Waals surface area contributed by atoms with E-state index in [0.717, 1.165) is 5.56 Å². The number of halogens is 1. The van der Waals surface area contributed by atoms with Gasteiger partial charge in [0.2, 0.25) is 5.03 Å². The molecular formula is C13H17ClN4O2S. The molecule has 0 saturated heterocycles. The van der Waals surface area contributed by atoms with E-state index >= 15 is 0 Å². The lowest BCUT2D eigenvalue weighted by molar-refractivity contribution is 0.346. The van der Waals surface area contributed by atoms with Crippen LogP contribution in [0.4, 0.5) is 0 Å². The number of rotatable bonds is 5. The number of hydrogen-bond acceptors (Lipinski definition) is 4. The van der Waals surface area contributed by atoms with E-state index in [2.05, 4.69) is 9.97 Å². The molecule has 0 unspecified atom stereocenters. The molecule has 8 heteroatoms. The molecule has 0 N–H and O–H groups in total. The molecule has 6 nitrogen and oxygen atoms in total. The molecule has 0 aromatic carbocycles. The van der Waals surface area contributed by atoms with Crippen molar-refractivity contribution in [1.29, 1.82) is 0 Å². The first kappa shape index (κ1) is 15.9. The Bertz CT molecular complexity index is 713. The zero-order chi connectivity index (χ0) is 15.6. The third kappa shape index (κ3) is 3.25.